The minimum absolute atomic E-state index is 0.0933. The maximum atomic E-state index is 13.3. The van der Waals surface area contributed by atoms with Crippen LogP contribution in [0.15, 0.2) is 66.9 Å². The Kier molecular flexibility index (Phi) is 5.77. The number of carbonyl (C=O) groups excluding carboxylic acids is 1. The van der Waals surface area contributed by atoms with Crippen LogP contribution in [0.4, 0.5) is 10.5 Å². The number of carbonyl (C=O) groups is 1. The van der Waals surface area contributed by atoms with E-state index in [0.29, 0.717) is 13.2 Å². The molecule has 4 rings (SSSR count). The van der Waals surface area contributed by atoms with Crippen LogP contribution in [0.1, 0.15) is 50.6 Å². The van der Waals surface area contributed by atoms with E-state index in [-0.39, 0.29) is 17.5 Å². The number of aromatic nitrogens is 1. The monoisotopic (exact) mass is 417 g/mol. The molecule has 0 saturated carbocycles. The minimum Gasteiger partial charge on any atom is -0.494 e. The predicted molar refractivity (Wildman–Crippen MR) is 125 cm³/mol. The van der Waals surface area contributed by atoms with Gasteiger partial charge in [-0.25, -0.2) is 4.79 Å². The Morgan fingerprint density at radius 2 is 1.74 bits per heavy atom. The highest BCUT2D eigenvalue weighted by atomic mass is 16.5. The number of ether oxygens (including phenoxy) is 1. The molecule has 0 spiro atoms. The summed E-state index contributed by atoms with van der Waals surface area (Å²) < 4.78 is 7.73. The van der Waals surface area contributed by atoms with Crippen molar-refractivity contribution in [1.29, 1.82) is 0 Å². The number of nitrogens with one attached hydrogen (secondary N) is 1. The maximum absolute atomic E-state index is 13.3. The van der Waals surface area contributed by atoms with Gasteiger partial charge in [-0.05, 0) is 59.9 Å². The third-order valence-corrected chi connectivity index (χ3v) is 5.81. The lowest BCUT2D eigenvalue weighted by molar-refractivity contribution is 0.182. The van der Waals surface area contributed by atoms with Gasteiger partial charge in [-0.3, -0.25) is 0 Å². The summed E-state index contributed by atoms with van der Waals surface area (Å²) in [5.74, 6) is 0.799. The summed E-state index contributed by atoms with van der Waals surface area (Å²) in [6.45, 7) is 10.6. The molecule has 0 radical (unpaired) electrons. The molecule has 0 saturated heterocycles. The maximum Gasteiger partial charge on any atom is 0.322 e. The second-order valence-electron chi connectivity index (χ2n) is 8.98. The molecule has 0 aliphatic carbocycles. The Bertz CT molecular complexity index is 1030. The smallest absolute Gasteiger partial charge is 0.322 e. The zero-order chi connectivity index (χ0) is 22.0. The largest absolute Gasteiger partial charge is 0.494 e. The van der Waals surface area contributed by atoms with Crippen LogP contribution < -0.4 is 10.1 Å². The van der Waals surface area contributed by atoms with Crippen molar-refractivity contribution >= 4 is 11.7 Å². The van der Waals surface area contributed by atoms with Crippen molar-refractivity contribution in [2.45, 2.75) is 45.7 Å². The Hall–Kier alpha value is -3.21. The van der Waals surface area contributed by atoms with Gasteiger partial charge in [0.2, 0.25) is 0 Å². The number of nitrogens with zero attached hydrogens (tertiary/aromatic N) is 2. The molecule has 2 heterocycles. The van der Waals surface area contributed by atoms with Gasteiger partial charge >= 0.3 is 6.03 Å². The van der Waals surface area contributed by atoms with Crippen molar-refractivity contribution in [2.24, 2.45) is 0 Å². The van der Waals surface area contributed by atoms with Gasteiger partial charge in [-0.2, -0.15) is 0 Å². The molecule has 2 amide bonds. The lowest BCUT2D eigenvalue weighted by Crippen LogP contribution is -2.44. The first-order valence-electron chi connectivity index (χ1n) is 10.9. The first kappa shape index (κ1) is 21.0. The Morgan fingerprint density at radius 1 is 1.03 bits per heavy atom. The van der Waals surface area contributed by atoms with Crippen molar-refractivity contribution in [1.82, 2.24) is 9.47 Å². The highest BCUT2D eigenvalue weighted by Crippen LogP contribution is 2.34. The number of anilines is 1. The molecule has 0 fully saturated rings. The van der Waals surface area contributed by atoms with Gasteiger partial charge in [0.05, 0.1) is 12.6 Å². The fourth-order valence-corrected chi connectivity index (χ4v) is 4.11. The lowest BCUT2D eigenvalue weighted by Gasteiger charge is -2.37. The predicted octanol–water partition coefficient (Wildman–Crippen LogP) is 5.82. The van der Waals surface area contributed by atoms with Gasteiger partial charge in [0, 0.05) is 30.7 Å². The number of hydrogen-bond acceptors (Lipinski definition) is 2. The van der Waals surface area contributed by atoms with Crippen LogP contribution in [-0.4, -0.2) is 28.6 Å². The first-order chi connectivity index (χ1) is 14.9. The zero-order valence-electron chi connectivity index (χ0n) is 18.8. The summed E-state index contributed by atoms with van der Waals surface area (Å²) in [6, 6.07) is 20.1. The van der Waals surface area contributed by atoms with Crippen LogP contribution >= 0.6 is 0 Å². The van der Waals surface area contributed by atoms with Gasteiger partial charge < -0.3 is 19.5 Å². The standard InChI is InChI=1S/C26H31N3O2/c1-5-31-22-14-12-21(13-15-22)27-25(30)29-18-17-28-16-6-7-23(28)24(29)19-8-10-20(11-9-19)26(2,3)4/h6-16,24H,5,17-18H2,1-4H3,(H,27,30)/t24-/m0/s1. The summed E-state index contributed by atoms with van der Waals surface area (Å²) in [6.07, 6.45) is 2.09. The SMILES string of the molecule is CCOc1ccc(NC(=O)N2CCn3cccc3[C@@H]2c2ccc(C(C)(C)C)cc2)cc1. The highest BCUT2D eigenvalue weighted by Gasteiger charge is 2.32. The van der Waals surface area contributed by atoms with Gasteiger partial charge in [-0.15, -0.1) is 0 Å². The molecule has 0 bridgehead atoms. The molecule has 31 heavy (non-hydrogen) atoms. The number of amides is 2. The third kappa shape index (κ3) is 4.46. The first-order valence-corrected chi connectivity index (χ1v) is 10.9. The molecular formula is C26H31N3O2. The van der Waals surface area contributed by atoms with Crippen LogP contribution in [0.2, 0.25) is 0 Å². The molecular weight excluding hydrogens is 386 g/mol. The van der Waals surface area contributed by atoms with Crippen LogP contribution in [0.5, 0.6) is 5.75 Å². The summed E-state index contributed by atoms with van der Waals surface area (Å²) in [4.78, 5) is 15.2. The van der Waals surface area contributed by atoms with E-state index in [0.717, 1.165) is 29.2 Å². The number of urea groups is 1. The summed E-state index contributed by atoms with van der Waals surface area (Å²) in [5.41, 5.74) is 4.39. The summed E-state index contributed by atoms with van der Waals surface area (Å²) in [7, 11) is 0. The molecule has 1 N–H and O–H groups in total. The average molecular weight is 418 g/mol. The fraction of sp³-hybridized carbons (Fsp3) is 0.346. The number of fused-ring (bicyclic) bond motifs is 1. The number of rotatable bonds is 4. The van der Waals surface area contributed by atoms with Gasteiger partial charge in [0.1, 0.15) is 5.75 Å². The van der Waals surface area contributed by atoms with E-state index in [1.54, 1.807) is 0 Å². The van der Waals surface area contributed by atoms with E-state index in [9.17, 15) is 4.79 Å². The number of hydrogen-bond donors (Lipinski definition) is 1. The molecule has 1 aliphatic heterocycles. The van der Waals surface area contributed by atoms with E-state index in [1.165, 1.54) is 5.56 Å². The Balaban J connectivity index is 1.60. The van der Waals surface area contributed by atoms with E-state index in [1.807, 2.05) is 36.1 Å². The van der Waals surface area contributed by atoms with E-state index in [2.05, 4.69) is 73.3 Å². The third-order valence-electron chi connectivity index (χ3n) is 5.81. The molecule has 1 atom stereocenters. The Morgan fingerprint density at radius 3 is 2.39 bits per heavy atom. The van der Waals surface area contributed by atoms with Crippen molar-refractivity contribution in [3.05, 3.63) is 83.7 Å². The van der Waals surface area contributed by atoms with Gasteiger partial charge in [0.25, 0.3) is 0 Å². The second-order valence-corrected chi connectivity index (χ2v) is 8.98. The van der Waals surface area contributed by atoms with Crippen molar-refractivity contribution in [3.8, 4) is 5.75 Å². The summed E-state index contributed by atoms with van der Waals surface area (Å²) >= 11 is 0. The normalized spacial score (nSPS) is 16.0. The zero-order valence-corrected chi connectivity index (χ0v) is 18.8. The quantitative estimate of drug-likeness (QED) is 0.581. The second kappa shape index (κ2) is 8.50. The van der Waals surface area contributed by atoms with Crippen molar-refractivity contribution < 1.29 is 9.53 Å². The fourth-order valence-electron chi connectivity index (χ4n) is 4.11. The lowest BCUT2D eigenvalue weighted by atomic mass is 9.86. The molecule has 2 aromatic carbocycles. The van der Waals surface area contributed by atoms with E-state index in [4.69, 9.17) is 4.74 Å². The van der Waals surface area contributed by atoms with Crippen LogP contribution in [0.25, 0.3) is 0 Å². The molecule has 5 heteroatoms. The van der Waals surface area contributed by atoms with Crippen LogP contribution in [-0.2, 0) is 12.0 Å². The van der Waals surface area contributed by atoms with Crippen LogP contribution in [0, 0.1) is 0 Å². The summed E-state index contributed by atoms with van der Waals surface area (Å²) in [5, 5.41) is 3.06. The molecule has 3 aromatic rings. The van der Waals surface area contributed by atoms with Crippen LogP contribution in [0.3, 0.4) is 0 Å². The molecule has 162 valence electrons. The van der Waals surface area contributed by atoms with E-state index < -0.39 is 0 Å². The minimum atomic E-state index is -0.125. The van der Waals surface area contributed by atoms with Crippen molar-refractivity contribution in [3.63, 3.8) is 0 Å². The molecule has 0 unspecified atom stereocenters. The number of benzene rings is 2. The highest BCUT2D eigenvalue weighted by molar-refractivity contribution is 5.90. The molecule has 1 aromatic heterocycles. The van der Waals surface area contributed by atoms with E-state index >= 15 is 0 Å². The van der Waals surface area contributed by atoms with Gasteiger partial charge in [-0.1, -0.05) is 45.0 Å². The topological polar surface area (TPSA) is 46.5 Å². The van der Waals surface area contributed by atoms with Crippen molar-refractivity contribution in [2.75, 3.05) is 18.5 Å². The Labute approximate surface area is 184 Å². The van der Waals surface area contributed by atoms with Gasteiger partial charge in [0.15, 0.2) is 0 Å². The molecule has 1 aliphatic rings. The molecule has 5 nitrogen and oxygen atoms in total. The average Bonchev–Trinajstić information content (AvgIpc) is 3.23.